The maximum absolute atomic E-state index is 13.6. The van der Waals surface area contributed by atoms with Crippen LogP contribution in [0.15, 0.2) is 18.3 Å². The van der Waals surface area contributed by atoms with Crippen LogP contribution in [-0.2, 0) is 9.53 Å². The summed E-state index contributed by atoms with van der Waals surface area (Å²) in [5.74, 6) is 1.04. The molecule has 2 aliphatic heterocycles. The van der Waals surface area contributed by atoms with Gasteiger partial charge in [0.15, 0.2) is 11.9 Å². The highest BCUT2D eigenvalue weighted by atomic mass is 35.5. The molecule has 3 aliphatic rings. The quantitative estimate of drug-likeness (QED) is 0.559. The van der Waals surface area contributed by atoms with Crippen molar-refractivity contribution in [2.75, 3.05) is 26.8 Å². The van der Waals surface area contributed by atoms with Crippen molar-refractivity contribution in [2.24, 2.45) is 11.8 Å². The lowest BCUT2D eigenvalue weighted by Crippen LogP contribution is -2.46. The van der Waals surface area contributed by atoms with Crippen LogP contribution >= 0.6 is 11.6 Å². The Morgan fingerprint density at radius 3 is 2.55 bits per heavy atom. The molecule has 206 valence electrons. The number of pyridine rings is 1. The van der Waals surface area contributed by atoms with Gasteiger partial charge in [-0.2, -0.15) is 5.10 Å². The molecule has 0 radical (unpaired) electrons. The van der Waals surface area contributed by atoms with Crippen molar-refractivity contribution in [2.45, 2.75) is 77.0 Å². The number of hydrogen-bond donors (Lipinski definition) is 1. The van der Waals surface area contributed by atoms with Crippen LogP contribution in [0.3, 0.4) is 0 Å². The molecular formula is C28H38ClN5O4. The van der Waals surface area contributed by atoms with E-state index in [0.717, 1.165) is 43.6 Å². The minimum Gasteiger partial charge on any atom is -0.481 e. The molecule has 2 aromatic rings. The van der Waals surface area contributed by atoms with Crippen LogP contribution in [0.25, 0.3) is 11.3 Å². The molecule has 2 saturated heterocycles. The third-order valence-electron chi connectivity index (χ3n) is 8.22. The highest BCUT2D eigenvalue weighted by Gasteiger charge is 2.34. The molecule has 2 aromatic heterocycles. The number of methoxy groups -OCH3 is 1. The first-order chi connectivity index (χ1) is 18.4. The average Bonchev–Trinajstić information content (AvgIpc) is 3.31. The predicted molar refractivity (Wildman–Crippen MR) is 144 cm³/mol. The number of likely N-dealkylation sites (tertiary alicyclic amines) is 1. The second-order valence-electron chi connectivity index (χ2n) is 10.9. The molecule has 1 N–H and O–H groups in total. The Kier molecular flexibility index (Phi) is 8.53. The maximum atomic E-state index is 13.6. The Hall–Kier alpha value is -2.65. The van der Waals surface area contributed by atoms with Gasteiger partial charge in [-0.1, -0.05) is 18.5 Å². The van der Waals surface area contributed by atoms with Gasteiger partial charge in [0, 0.05) is 49.5 Å². The normalized spacial score (nSPS) is 24.7. The second-order valence-corrected chi connectivity index (χ2v) is 11.3. The molecule has 38 heavy (non-hydrogen) atoms. The Balaban J connectivity index is 1.30. The predicted octanol–water partition coefficient (Wildman–Crippen LogP) is 4.85. The van der Waals surface area contributed by atoms with Crippen LogP contribution in [0.1, 0.15) is 81.4 Å². The Labute approximate surface area is 229 Å². The molecule has 1 aliphatic carbocycles. The standard InChI is InChI=1S/C28H38ClN5O4/c1-18-6-8-21(9-7-18)31-27(35)19-11-14-33(15-12-19)28(36)25-24(29)26(20-10-13-30-22(17-20)37-2)34(32-25)23-5-3-4-16-38-23/h10,13,17-19,21,23H,3-9,11-12,14-16H2,1-2H3,(H,31,35). The van der Waals surface area contributed by atoms with E-state index in [9.17, 15) is 9.59 Å². The van der Waals surface area contributed by atoms with Crippen molar-refractivity contribution in [1.29, 1.82) is 0 Å². The minimum atomic E-state index is -0.297. The topological polar surface area (TPSA) is 98.6 Å². The molecule has 5 rings (SSSR count). The minimum absolute atomic E-state index is 0.0677. The molecule has 9 nitrogen and oxygen atoms in total. The number of ether oxygens (including phenoxy) is 2. The van der Waals surface area contributed by atoms with E-state index in [1.165, 1.54) is 12.8 Å². The van der Waals surface area contributed by atoms with Gasteiger partial charge in [-0.3, -0.25) is 9.59 Å². The molecule has 4 heterocycles. The van der Waals surface area contributed by atoms with Crippen LogP contribution in [0.2, 0.25) is 5.02 Å². The second kappa shape index (κ2) is 12.0. The largest absolute Gasteiger partial charge is 0.481 e. The highest BCUT2D eigenvalue weighted by molar-refractivity contribution is 6.36. The fraction of sp³-hybridized carbons (Fsp3) is 0.643. The zero-order chi connectivity index (χ0) is 26.6. The van der Waals surface area contributed by atoms with Gasteiger partial charge >= 0.3 is 0 Å². The van der Waals surface area contributed by atoms with Gasteiger partial charge in [-0.15, -0.1) is 0 Å². The van der Waals surface area contributed by atoms with Gasteiger partial charge in [0.25, 0.3) is 5.91 Å². The van der Waals surface area contributed by atoms with E-state index >= 15 is 0 Å². The fourth-order valence-corrected chi connectivity index (χ4v) is 6.14. The third-order valence-corrected chi connectivity index (χ3v) is 8.57. The molecule has 0 bridgehead atoms. The maximum Gasteiger partial charge on any atom is 0.275 e. The number of carbonyl (C=O) groups excluding carboxylic acids is 2. The molecule has 0 spiro atoms. The summed E-state index contributed by atoms with van der Waals surface area (Å²) in [4.78, 5) is 32.5. The van der Waals surface area contributed by atoms with Gasteiger partial charge in [-0.25, -0.2) is 9.67 Å². The fourth-order valence-electron chi connectivity index (χ4n) is 5.82. The van der Waals surface area contributed by atoms with E-state index in [1.807, 2.05) is 6.07 Å². The van der Waals surface area contributed by atoms with Crippen molar-refractivity contribution < 1.29 is 19.1 Å². The molecule has 3 fully saturated rings. The SMILES string of the molecule is COc1cc(-c2c(Cl)c(C(=O)N3CCC(C(=O)NC4CCC(C)CC4)CC3)nn2C2CCCCO2)ccn1. The number of carbonyl (C=O) groups is 2. The number of aromatic nitrogens is 3. The summed E-state index contributed by atoms with van der Waals surface area (Å²) in [6.45, 7) is 3.92. The van der Waals surface area contributed by atoms with Crippen LogP contribution in [0.4, 0.5) is 0 Å². The van der Waals surface area contributed by atoms with Crippen LogP contribution in [-0.4, -0.2) is 64.3 Å². The van der Waals surface area contributed by atoms with Gasteiger partial charge in [0.1, 0.15) is 0 Å². The van der Waals surface area contributed by atoms with Gasteiger partial charge in [0.2, 0.25) is 11.8 Å². The Bertz CT molecular complexity index is 1130. The van der Waals surface area contributed by atoms with Crippen LogP contribution in [0.5, 0.6) is 5.88 Å². The molecule has 1 atom stereocenters. The van der Waals surface area contributed by atoms with Crippen LogP contribution < -0.4 is 10.1 Å². The van der Waals surface area contributed by atoms with E-state index in [-0.39, 0.29) is 35.7 Å². The van der Waals surface area contributed by atoms with Gasteiger partial charge < -0.3 is 19.7 Å². The van der Waals surface area contributed by atoms with E-state index in [4.69, 9.17) is 26.2 Å². The lowest BCUT2D eigenvalue weighted by Gasteiger charge is -2.33. The summed E-state index contributed by atoms with van der Waals surface area (Å²) in [5, 5.41) is 8.26. The van der Waals surface area contributed by atoms with E-state index in [2.05, 4.69) is 17.2 Å². The number of piperidine rings is 1. The molecule has 2 amide bonds. The molecular weight excluding hydrogens is 506 g/mol. The molecule has 1 saturated carbocycles. The van der Waals surface area contributed by atoms with E-state index in [1.54, 1.807) is 29.0 Å². The first-order valence-corrected chi connectivity index (χ1v) is 14.3. The Morgan fingerprint density at radius 1 is 1.11 bits per heavy atom. The van der Waals surface area contributed by atoms with Crippen molar-refractivity contribution in [3.8, 4) is 17.1 Å². The first kappa shape index (κ1) is 26.9. The van der Waals surface area contributed by atoms with Crippen molar-refractivity contribution in [1.82, 2.24) is 25.0 Å². The average molecular weight is 544 g/mol. The summed E-state index contributed by atoms with van der Waals surface area (Å²) in [5.41, 5.74) is 1.60. The number of hydrogen-bond acceptors (Lipinski definition) is 6. The number of rotatable bonds is 6. The molecule has 1 unspecified atom stereocenters. The summed E-state index contributed by atoms with van der Waals surface area (Å²) in [6.07, 6.45) is 9.89. The number of nitrogens with one attached hydrogen (secondary N) is 1. The van der Waals surface area contributed by atoms with Crippen molar-refractivity contribution in [3.05, 3.63) is 29.0 Å². The van der Waals surface area contributed by atoms with Gasteiger partial charge in [0.05, 0.1) is 17.8 Å². The summed E-state index contributed by atoms with van der Waals surface area (Å²) in [6, 6.07) is 3.90. The van der Waals surface area contributed by atoms with Gasteiger partial charge in [-0.05, 0) is 69.8 Å². The van der Waals surface area contributed by atoms with Crippen molar-refractivity contribution in [3.63, 3.8) is 0 Å². The van der Waals surface area contributed by atoms with E-state index < -0.39 is 0 Å². The molecule has 10 heteroatoms. The highest BCUT2D eigenvalue weighted by Crippen LogP contribution is 2.37. The summed E-state index contributed by atoms with van der Waals surface area (Å²) in [7, 11) is 1.56. The number of amides is 2. The lowest BCUT2D eigenvalue weighted by atomic mass is 9.86. The lowest BCUT2D eigenvalue weighted by molar-refractivity contribution is -0.127. The zero-order valence-corrected chi connectivity index (χ0v) is 23.1. The van der Waals surface area contributed by atoms with E-state index in [0.29, 0.717) is 49.1 Å². The smallest absolute Gasteiger partial charge is 0.275 e. The number of nitrogens with zero attached hydrogens (tertiary/aromatic N) is 4. The summed E-state index contributed by atoms with van der Waals surface area (Å²) < 4.78 is 13.1. The zero-order valence-electron chi connectivity index (χ0n) is 22.3. The van der Waals surface area contributed by atoms with Crippen LogP contribution in [0, 0.1) is 11.8 Å². The van der Waals surface area contributed by atoms with Crippen molar-refractivity contribution >= 4 is 23.4 Å². The third kappa shape index (κ3) is 5.83. The monoisotopic (exact) mass is 543 g/mol. The number of halogens is 1. The summed E-state index contributed by atoms with van der Waals surface area (Å²) >= 11 is 6.88. The Morgan fingerprint density at radius 2 is 1.87 bits per heavy atom. The molecule has 0 aromatic carbocycles. The first-order valence-electron chi connectivity index (χ1n) is 13.9.